The number of benzene rings is 3. The van der Waals surface area contributed by atoms with Crippen molar-refractivity contribution in [2.45, 2.75) is 32.5 Å². The zero-order valence-corrected chi connectivity index (χ0v) is 27.9. The Balaban J connectivity index is 1.55. The lowest BCUT2D eigenvalue weighted by atomic mass is 10.0. The summed E-state index contributed by atoms with van der Waals surface area (Å²) in [6.45, 7) is 6.80. The van der Waals surface area contributed by atoms with E-state index in [0.29, 0.717) is 38.6 Å². The van der Waals surface area contributed by atoms with Gasteiger partial charge in [-0.3, -0.25) is 4.98 Å². The van der Waals surface area contributed by atoms with Gasteiger partial charge in [0.2, 0.25) is 0 Å². The summed E-state index contributed by atoms with van der Waals surface area (Å²) in [7, 11) is 6.26. The van der Waals surface area contributed by atoms with Gasteiger partial charge >= 0.3 is 0 Å². The number of likely N-dealkylation sites (N-methyl/N-ethyl adjacent to an activating group) is 2. The molecule has 0 aliphatic rings. The lowest BCUT2D eigenvalue weighted by Crippen LogP contribution is -2.28. The Morgan fingerprint density at radius 3 is 2.48 bits per heavy atom. The highest BCUT2D eigenvalue weighted by atomic mass is 35.5. The maximum absolute atomic E-state index is 13.9. The fourth-order valence-electron chi connectivity index (χ4n) is 5.08. The van der Waals surface area contributed by atoms with Crippen LogP contribution >= 0.6 is 23.2 Å². The molecule has 0 aliphatic carbocycles. The number of fused-ring (bicyclic) bond motifs is 1. The quantitative estimate of drug-likeness (QED) is 0.141. The summed E-state index contributed by atoms with van der Waals surface area (Å²) in [4.78, 5) is 8.93. The van der Waals surface area contributed by atoms with Crippen molar-refractivity contribution < 1.29 is 4.39 Å². The lowest BCUT2D eigenvalue weighted by Gasteiger charge is -2.22. The van der Waals surface area contributed by atoms with Crippen LogP contribution in [0.5, 0.6) is 0 Å². The van der Waals surface area contributed by atoms with Crippen LogP contribution in [0.25, 0.3) is 10.9 Å². The minimum atomic E-state index is -0.536. The first-order valence-corrected chi connectivity index (χ1v) is 15.6. The Labute approximate surface area is 278 Å². The highest BCUT2D eigenvalue weighted by Crippen LogP contribution is 2.37. The molecule has 0 spiro atoms. The molecule has 0 radical (unpaired) electrons. The van der Waals surface area contributed by atoms with E-state index in [9.17, 15) is 9.65 Å². The fraction of sp³-hybridized carbons (Fsp3) is 0.294. The van der Waals surface area contributed by atoms with Gasteiger partial charge < -0.3 is 20.4 Å². The predicted octanol–water partition coefficient (Wildman–Crippen LogP) is 7.66. The summed E-state index contributed by atoms with van der Waals surface area (Å²) in [5.41, 5.74) is 5.40. The number of aromatic nitrogens is 4. The molecule has 0 bridgehead atoms. The van der Waals surface area contributed by atoms with Crippen molar-refractivity contribution in [3.63, 3.8) is 0 Å². The van der Waals surface area contributed by atoms with Crippen LogP contribution in [-0.4, -0.2) is 64.0 Å². The van der Waals surface area contributed by atoms with Gasteiger partial charge in [-0.05, 0) is 76.4 Å². The largest absolute Gasteiger partial charge is 0.373 e. The molecule has 238 valence electrons. The van der Waals surface area contributed by atoms with E-state index in [1.165, 1.54) is 23.9 Å². The predicted molar refractivity (Wildman–Crippen MR) is 183 cm³/mol. The van der Waals surface area contributed by atoms with Crippen molar-refractivity contribution in [2.24, 2.45) is 0 Å². The number of rotatable bonds is 12. The van der Waals surface area contributed by atoms with Gasteiger partial charge in [0.25, 0.3) is 0 Å². The van der Waals surface area contributed by atoms with Crippen LogP contribution in [0.4, 0.5) is 21.5 Å². The molecule has 9 nitrogen and oxygen atoms in total. The zero-order valence-electron chi connectivity index (χ0n) is 26.4. The Bertz CT molecular complexity index is 1880. The average Bonchev–Trinajstić information content (AvgIpc) is 3.52. The second-order valence-corrected chi connectivity index (χ2v) is 12.7. The van der Waals surface area contributed by atoms with Crippen molar-refractivity contribution in [3.8, 4) is 6.07 Å². The first-order chi connectivity index (χ1) is 22.0. The van der Waals surface area contributed by atoms with Gasteiger partial charge in [0.05, 0.1) is 39.1 Å². The van der Waals surface area contributed by atoms with Crippen molar-refractivity contribution in [3.05, 3.63) is 105 Å². The van der Waals surface area contributed by atoms with Crippen LogP contribution in [0.1, 0.15) is 48.3 Å². The Kier molecular flexibility index (Phi) is 10.4. The molecule has 12 heteroatoms. The molecule has 0 aliphatic heterocycles. The first kappa shape index (κ1) is 33.1. The molecule has 0 amide bonds. The fourth-order valence-corrected chi connectivity index (χ4v) is 5.53. The lowest BCUT2D eigenvalue weighted by molar-refractivity contribution is 0.276. The van der Waals surface area contributed by atoms with Crippen molar-refractivity contribution >= 4 is 51.2 Å². The van der Waals surface area contributed by atoms with Crippen LogP contribution in [0, 0.1) is 17.1 Å². The third kappa shape index (κ3) is 7.74. The van der Waals surface area contributed by atoms with E-state index >= 15 is 0 Å². The van der Waals surface area contributed by atoms with Crippen LogP contribution in [0.15, 0.2) is 67.0 Å². The number of hydrogen-bond donors (Lipinski definition) is 2. The van der Waals surface area contributed by atoms with Gasteiger partial charge in [-0.15, -0.1) is 5.10 Å². The number of halogens is 3. The van der Waals surface area contributed by atoms with Gasteiger partial charge in [-0.2, -0.15) is 5.26 Å². The molecule has 0 fully saturated rings. The van der Waals surface area contributed by atoms with E-state index in [-0.39, 0.29) is 17.1 Å². The van der Waals surface area contributed by atoms with E-state index in [0.717, 1.165) is 30.9 Å². The molecule has 46 heavy (non-hydrogen) atoms. The Morgan fingerprint density at radius 2 is 1.78 bits per heavy atom. The molecule has 1 unspecified atom stereocenters. The molecule has 5 aromatic rings. The second-order valence-electron chi connectivity index (χ2n) is 11.8. The van der Waals surface area contributed by atoms with Crippen molar-refractivity contribution in [2.75, 3.05) is 44.9 Å². The maximum Gasteiger partial charge on any atom is 0.141 e. The van der Waals surface area contributed by atoms with Crippen LogP contribution in [-0.2, 0) is 6.54 Å². The first-order valence-electron chi connectivity index (χ1n) is 14.9. The molecule has 2 N–H and O–H groups in total. The number of nitrogens with one attached hydrogen (secondary N) is 2. The summed E-state index contributed by atoms with van der Waals surface area (Å²) in [5, 5.41) is 26.7. The SMILES string of the molecule is CC(C)n1cc(C(Nc2cc(Cl)c3ncc(C#N)c(Nc4ccc(F)c(Cl)c4)c3c2)c2cccc(CN(C)CCN(C)C)c2)nn1. The zero-order chi connectivity index (χ0) is 33.0. The standard InChI is InChI=1S/C34H36Cl2FN9/c1-21(2)46-20-31(42-43-46)33(23-8-6-7-22(13-23)19-45(5)12-11-44(3)4)41-26-14-27-32(40-25-9-10-30(37)28(35)15-25)24(17-38)18-39-34(27)29(36)16-26/h6-10,13-16,18,20-21,33,41H,11-12,19H2,1-5H3,(H,39,40). The highest BCUT2D eigenvalue weighted by Gasteiger charge is 2.21. The summed E-state index contributed by atoms with van der Waals surface area (Å²) in [6.07, 6.45) is 3.41. The molecule has 2 heterocycles. The number of pyridine rings is 1. The van der Waals surface area contributed by atoms with Crippen LogP contribution < -0.4 is 10.6 Å². The van der Waals surface area contributed by atoms with Gasteiger partial charge in [0, 0.05) is 48.6 Å². The topological polar surface area (TPSA) is 97.9 Å². The van der Waals surface area contributed by atoms with E-state index in [4.69, 9.17) is 23.2 Å². The molecule has 3 aromatic carbocycles. The molecule has 2 aromatic heterocycles. The molecular formula is C34H36Cl2FN9. The number of anilines is 3. The van der Waals surface area contributed by atoms with E-state index in [1.807, 2.05) is 16.9 Å². The van der Waals surface area contributed by atoms with Crippen LogP contribution in [0.3, 0.4) is 0 Å². The average molecular weight is 661 g/mol. The van der Waals surface area contributed by atoms with Crippen molar-refractivity contribution in [1.29, 1.82) is 5.26 Å². The van der Waals surface area contributed by atoms with E-state index in [2.05, 4.69) is 101 Å². The van der Waals surface area contributed by atoms with Crippen molar-refractivity contribution in [1.82, 2.24) is 29.8 Å². The van der Waals surface area contributed by atoms with Gasteiger partial charge in [0.15, 0.2) is 0 Å². The van der Waals surface area contributed by atoms with Gasteiger partial charge in [-0.25, -0.2) is 9.07 Å². The highest BCUT2D eigenvalue weighted by molar-refractivity contribution is 6.36. The third-order valence-electron chi connectivity index (χ3n) is 7.56. The molecule has 0 saturated heterocycles. The Hall–Kier alpha value is -4.27. The summed E-state index contributed by atoms with van der Waals surface area (Å²) in [6, 6.07) is 18.4. The number of hydrogen-bond acceptors (Lipinski definition) is 8. The summed E-state index contributed by atoms with van der Waals surface area (Å²) >= 11 is 12.9. The van der Waals surface area contributed by atoms with E-state index in [1.54, 1.807) is 12.1 Å². The van der Waals surface area contributed by atoms with Gasteiger partial charge in [-0.1, -0.05) is 52.7 Å². The normalized spacial score (nSPS) is 12.2. The summed E-state index contributed by atoms with van der Waals surface area (Å²) < 4.78 is 15.7. The third-order valence-corrected chi connectivity index (χ3v) is 8.14. The number of nitrogens with zero attached hydrogens (tertiary/aromatic N) is 7. The minimum Gasteiger partial charge on any atom is -0.373 e. The van der Waals surface area contributed by atoms with Gasteiger partial charge in [0.1, 0.15) is 17.6 Å². The summed E-state index contributed by atoms with van der Waals surface area (Å²) in [5.74, 6) is -0.536. The molecule has 0 saturated carbocycles. The monoisotopic (exact) mass is 659 g/mol. The molecule has 1 atom stereocenters. The minimum absolute atomic E-state index is 0.0364. The van der Waals surface area contributed by atoms with Crippen LogP contribution in [0.2, 0.25) is 10.0 Å². The Morgan fingerprint density at radius 1 is 1.00 bits per heavy atom. The molecular weight excluding hydrogens is 624 g/mol. The molecule has 5 rings (SSSR count). The smallest absolute Gasteiger partial charge is 0.141 e. The maximum atomic E-state index is 13.9. The second kappa shape index (κ2) is 14.4. The van der Waals surface area contributed by atoms with E-state index < -0.39 is 5.82 Å². The number of nitriles is 1.